The van der Waals surface area contributed by atoms with Crippen molar-refractivity contribution >= 4 is 12.1 Å². The van der Waals surface area contributed by atoms with Gasteiger partial charge in [0.1, 0.15) is 5.82 Å². The summed E-state index contributed by atoms with van der Waals surface area (Å²) in [5.41, 5.74) is 0.964. The Kier molecular flexibility index (Phi) is 11.8. The molecule has 0 spiro atoms. The van der Waals surface area contributed by atoms with Crippen LogP contribution in [0.3, 0.4) is 0 Å². The number of carbonyl (C=O) groups excluding carboxylic acids is 2. The summed E-state index contributed by atoms with van der Waals surface area (Å²) in [4.78, 5) is 26.7. The number of urea groups is 1. The third-order valence-electron chi connectivity index (χ3n) is 7.86. The molecule has 2 aliphatic rings. The van der Waals surface area contributed by atoms with Gasteiger partial charge in [-0.05, 0) is 74.6 Å². The lowest BCUT2D eigenvalue weighted by atomic mass is 9.78. The van der Waals surface area contributed by atoms with Crippen molar-refractivity contribution in [1.29, 1.82) is 0 Å². The van der Waals surface area contributed by atoms with E-state index in [1.54, 1.807) is 12.1 Å². The van der Waals surface area contributed by atoms with Gasteiger partial charge >= 0.3 is 12.1 Å². The lowest BCUT2D eigenvalue weighted by molar-refractivity contribution is 0.148. The molecule has 1 aliphatic carbocycles. The minimum Gasteiger partial charge on any atom is -0.453 e. The van der Waals surface area contributed by atoms with Crippen LogP contribution in [0.5, 0.6) is 0 Å². The second-order valence-corrected chi connectivity index (χ2v) is 10.5. The van der Waals surface area contributed by atoms with E-state index < -0.39 is 6.09 Å². The Morgan fingerprint density at radius 3 is 2.69 bits per heavy atom. The first-order chi connectivity index (χ1) is 17.5. The van der Waals surface area contributed by atoms with E-state index >= 15 is 0 Å². The van der Waals surface area contributed by atoms with Gasteiger partial charge in [-0.1, -0.05) is 44.2 Å². The molecule has 36 heavy (non-hydrogen) atoms. The predicted octanol–water partition coefficient (Wildman–Crippen LogP) is 5.03. The van der Waals surface area contributed by atoms with Crippen molar-refractivity contribution in [2.45, 2.75) is 76.2 Å². The number of likely N-dealkylation sites (tertiary alicyclic amines) is 1. The zero-order valence-electron chi connectivity index (χ0n) is 22.1. The van der Waals surface area contributed by atoms with Crippen molar-refractivity contribution in [1.82, 2.24) is 20.9 Å². The Balaban J connectivity index is 1.62. The number of alkyl carbamates (subject to hydrolysis) is 1. The van der Waals surface area contributed by atoms with Crippen molar-refractivity contribution in [2.24, 2.45) is 11.8 Å². The van der Waals surface area contributed by atoms with E-state index in [0.717, 1.165) is 50.8 Å². The van der Waals surface area contributed by atoms with Crippen LogP contribution in [0.1, 0.15) is 75.7 Å². The van der Waals surface area contributed by atoms with Gasteiger partial charge in [-0.25, -0.2) is 14.0 Å². The molecule has 3 amide bonds. The summed E-state index contributed by atoms with van der Waals surface area (Å²) in [7, 11) is 3.29. The zero-order chi connectivity index (χ0) is 25.8. The SMILES string of the molecule is CNCC(CC1CCCCC1)NC(=O)N1CCCC(C(CCCNC(=O)OC)c2cccc(F)c2)C1. The van der Waals surface area contributed by atoms with Crippen LogP contribution in [0.2, 0.25) is 0 Å². The van der Waals surface area contributed by atoms with Gasteiger partial charge in [-0.15, -0.1) is 0 Å². The maximum absolute atomic E-state index is 14.1. The highest BCUT2D eigenvalue weighted by Crippen LogP contribution is 2.35. The van der Waals surface area contributed by atoms with Crippen LogP contribution in [-0.2, 0) is 4.74 Å². The number of piperidine rings is 1. The molecule has 202 valence electrons. The molecule has 1 heterocycles. The molecule has 0 bridgehead atoms. The lowest BCUT2D eigenvalue weighted by Crippen LogP contribution is -2.51. The van der Waals surface area contributed by atoms with E-state index in [9.17, 15) is 14.0 Å². The van der Waals surface area contributed by atoms with Gasteiger partial charge in [0.15, 0.2) is 0 Å². The average Bonchev–Trinajstić information content (AvgIpc) is 2.89. The highest BCUT2D eigenvalue weighted by molar-refractivity contribution is 5.74. The molecule has 0 radical (unpaired) electrons. The zero-order valence-corrected chi connectivity index (χ0v) is 22.1. The van der Waals surface area contributed by atoms with Crippen LogP contribution in [0, 0.1) is 17.7 Å². The Hall–Kier alpha value is -2.35. The molecule has 1 saturated heterocycles. The molecule has 2 fully saturated rings. The highest BCUT2D eigenvalue weighted by Gasteiger charge is 2.31. The van der Waals surface area contributed by atoms with Gasteiger partial charge in [-0.2, -0.15) is 0 Å². The molecule has 0 aromatic heterocycles. The van der Waals surface area contributed by atoms with Crippen molar-refractivity contribution in [3.63, 3.8) is 0 Å². The lowest BCUT2D eigenvalue weighted by Gasteiger charge is -2.38. The summed E-state index contributed by atoms with van der Waals surface area (Å²) in [5, 5.41) is 9.30. The van der Waals surface area contributed by atoms with Gasteiger partial charge in [-0.3, -0.25) is 0 Å². The first-order valence-corrected chi connectivity index (χ1v) is 13.8. The fraction of sp³-hybridized carbons (Fsp3) is 0.714. The molecule has 8 heteroatoms. The van der Waals surface area contributed by atoms with E-state index in [2.05, 4.69) is 20.7 Å². The second-order valence-electron chi connectivity index (χ2n) is 10.5. The molecule has 1 aromatic carbocycles. The topological polar surface area (TPSA) is 82.7 Å². The third-order valence-corrected chi connectivity index (χ3v) is 7.86. The van der Waals surface area contributed by atoms with Gasteiger partial charge in [0.2, 0.25) is 0 Å². The number of methoxy groups -OCH3 is 1. The van der Waals surface area contributed by atoms with Crippen molar-refractivity contribution in [3.8, 4) is 0 Å². The normalized spacial score (nSPS) is 20.4. The first kappa shape index (κ1) is 28.2. The maximum atomic E-state index is 14.1. The average molecular weight is 505 g/mol. The number of nitrogens with one attached hydrogen (secondary N) is 3. The molecule has 1 aromatic rings. The van der Waals surface area contributed by atoms with Crippen LogP contribution in [-0.4, -0.2) is 63.4 Å². The minimum absolute atomic E-state index is 0.0149. The number of rotatable bonds is 11. The molecule has 3 atom stereocenters. The quantitative estimate of drug-likeness (QED) is 0.369. The van der Waals surface area contributed by atoms with Crippen LogP contribution in [0.4, 0.5) is 14.0 Å². The molecule has 1 saturated carbocycles. The summed E-state index contributed by atoms with van der Waals surface area (Å²) in [6, 6.07) is 6.97. The van der Waals surface area contributed by atoms with E-state index in [4.69, 9.17) is 0 Å². The number of carbonyl (C=O) groups is 2. The van der Waals surface area contributed by atoms with Crippen LogP contribution in [0.15, 0.2) is 24.3 Å². The smallest absolute Gasteiger partial charge is 0.406 e. The fourth-order valence-corrected chi connectivity index (χ4v) is 6.05. The summed E-state index contributed by atoms with van der Waals surface area (Å²) >= 11 is 0. The van der Waals surface area contributed by atoms with E-state index in [1.165, 1.54) is 45.3 Å². The van der Waals surface area contributed by atoms with Gasteiger partial charge in [0, 0.05) is 32.2 Å². The second kappa shape index (κ2) is 15.0. The maximum Gasteiger partial charge on any atom is 0.406 e. The van der Waals surface area contributed by atoms with Crippen LogP contribution >= 0.6 is 0 Å². The molecule has 3 rings (SSSR count). The highest BCUT2D eigenvalue weighted by atomic mass is 19.1. The Morgan fingerprint density at radius 1 is 1.17 bits per heavy atom. The largest absolute Gasteiger partial charge is 0.453 e. The monoisotopic (exact) mass is 504 g/mol. The Labute approximate surface area is 215 Å². The summed E-state index contributed by atoms with van der Waals surface area (Å²) in [6.07, 6.45) is 10.5. The summed E-state index contributed by atoms with van der Waals surface area (Å²) in [5.74, 6) is 0.812. The number of ether oxygens (including phenoxy) is 1. The van der Waals surface area contributed by atoms with Crippen LogP contribution < -0.4 is 16.0 Å². The standard InChI is InChI=1S/C28H45FN4O3/c1-30-19-25(17-21-9-4-3-5-10-21)32-27(34)33-16-8-12-23(20-33)26(14-7-15-31-28(35)36-2)22-11-6-13-24(29)18-22/h6,11,13,18,21,23,25-26,30H,3-5,7-10,12,14-17,19-20H2,1-2H3,(H,31,35)(H,32,34). The Bertz CT molecular complexity index is 818. The summed E-state index contributed by atoms with van der Waals surface area (Å²) in [6.45, 7) is 2.69. The van der Waals surface area contributed by atoms with Crippen LogP contribution in [0.25, 0.3) is 0 Å². The predicted molar refractivity (Wildman–Crippen MR) is 141 cm³/mol. The van der Waals surface area contributed by atoms with Crippen molar-refractivity contribution in [3.05, 3.63) is 35.6 Å². The van der Waals surface area contributed by atoms with E-state index in [0.29, 0.717) is 19.0 Å². The molecule has 1 aliphatic heterocycles. The Morgan fingerprint density at radius 2 is 1.97 bits per heavy atom. The molecular weight excluding hydrogens is 459 g/mol. The third kappa shape index (κ3) is 8.95. The first-order valence-electron chi connectivity index (χ1n) is 13.8. The van der Waals surface area contributed by atoms with Crippen molar-refractivity contribution < 1.29 is 18.7 Å². The number of hydrogen-bond acceptors (Lipinski definition) is 4. The molecular formula is C28H45FN4O3. The van der Waals surface area contributed by atoms with Crippen molar-refractivity contribution in [2.75, 3.05) is 40.3 Å². The molecule has 3 unspecified atom stereocenters. The number of halogens is 1. The number of hydrogen-bond donors (Lipinski definition) is 3. The molecule has 3 N–H and O–H groups in total. The number of likely N-dealkylation sites (N-methyl/N-ethyl adjacent to an activating group) is 1. The van der Waals surface area contributed by atoms with E-state index in [1.807, 2.05) is 18.0 Å². The summed E-state index contributed by atoms with van der Waals surface area (Å²) < 4.78 is 18.7. The number of nitrogens with zero attached hydrogens (tertiary/aromatic N) is 1. The fourth-order valence-electron chi connectivity index (χ4n) is 6.05. The minimum atomic E-state index is -0.442. The van der Waals surface area contributed by atoms with Gasteiger partial charge in [0.05, 0.1) is 7.11 Å². The number of benzene rings is 1. The van der Waals surface area contributed by atoms with Gasteiger partial charge < -0.3 is 25.6 Å². The molecule has 7 nitrogen and oxygen atoms in total. The van der Waals surface area contributed by atoms with Gasteiger partial charge in [0.25, 0.3) is 0 Å². The van der Waals surface area contributed by atoms with E-state index in [-0.39, 0.29) is 29.7 Å². The number of amides is 3.